The summed E-state index contributed by atoms with van der Waals surface area (Å²) in [6, 6.07) is 6.45. The number of anilines is 1. The SMILES string of the molecule is CC(CNCc1cccc(NC(=O)C(F)(F)F)c1)C1CC1. The van der Waals surface area contributed by atoms with Crippen LogP contribution in [0.5, 0.6) is 0 Å². The zero-order valence-electron chi connectivity index (χ0n) is 11.8. The van der Waals surface area contributed by atoms with Crippen LogP contribution in [-0.4, -0.2) is 18.6 Å². The number of rotatable bonds is 6. The third kappa shape index (κ3) is 5.04. The van der Waals surface area contributed by atoms with Crippen molar-refractivity contribution in [2.45, 2.75) is 32.5 Å². The summed E-state index contributed by atoms with van der Waals surface area (Å²) in [6.07, 6.45) is -2.28. The number of alkyl halides is 3. The number of amides is 1. The van der Waals surface area contributed by atoms with Crippen LogP contribution in [-0.2, 0) is 11.3 Å². The largest absolute Gasteiger partial charge is 0.471 e. The van der Waals surface area contributed by atoms with Crippen molar-refractivity contribution in [3.8, 4) is 0 Å². The molecular weight excluding hydrogens is 281 g/mol. The minimum atomic E-state index is -4.87. The molecule has 116 valence electrons. The van der Waals surface area contributed by atoms with E-state index in [0.717, 1.165) is 18.0 Å². The number of hydrogen-bond donors (Lipinski definition) is 2. The van der Waals surface area contributed by atoms with Crippen LogP contribution in [0.1, 0.15) is 25.3 Å². The average Bonchev–Trinajstić information content (AvgIpc) is 3.22. The van der Waals surface area contributed by atoms with Crippen molar-refractivity contribution in [3.05, 3.63) is 29.8 Å². The molecule has 0 radical (unpaired) electrons. The number of carbonyl (C=O) groups excluding carboxylic acids is 1. The molecule has 1 aliphatic rings. The Balaban J connectivity index is 1.84. The Kier molecular flexibility index (Phi) is 4.88. The van der Waals surface area contributed by atoms with Gasteiger partial charge >= 0.3 is 12.1 Å². The summed E-state index contributed by atoms with van der Waals surface area (Å²) >= 11 is 0. The Morgan fingerprint density at radius 2 is 2.10 bits per heavy atom. The van der Waals surface area contributed by atoms with Crippen LogP contribution < -0.4 is 10.6 Å². The van der Waals surface area contributed by atoms with Gasteiger partial charge in [-0.15, -0.1) is 0 Å². The standard InChI is InChI=1S/C15H19F3N2O/c1-10(12-5-6-12)8-19-9-11-3-2-4-13(7-11)20-14(21)15(16,17)18/h2-4,7,10,12,19H,5-6,8-9H2,1H3,(H,20,21). The van der Waals surface area contributed by atoms with Crippen LogP contribution in [0.25, 0.3) is 0 Å². The average molecular weight is 300 g/mol. The van der Waals surface area contributed by atoms with Gasteiger partial charge in [0.15, 0.2) is 0 Å². The molecule has 3 nitrogen and oxygen atoms in total. The highest BCUT2D eigenvalue weighted by molar-refractivity contribution is 5.94. The molecule has 2 rings (SSSR count). The maximum atomic E-state index is 12.2. The first kappa shape index (κ1) is 15.8. The summed E-state index contributed by atoms with van der Waals surface area (Å²) in [5, 5.41) is 5.16. The van der Waals surface area contributed by atoms with Crippen LogP contribution in [0.3, 0.4) is 0 Å². The van der Waals surface area contributed by atoms with Crippen LogP contribution in [0, 0.1) is 11.8 Å². The molecule has 0 spiro atoms. The van der Waals surface area contributed by atoms with Gasteiger partial charge in [0, 0.05) is 12.2 Å². The number of hydrogen-bond acceptors (Lipinski definition) is 2. The molecule has 0 aliphatic heterocycles. The minimum Gasteiger partial charge on any atom is -0.318 e. The maximum Gasteiger partial charge on any atom is 0.471 e. The highest BCUT2D eigenvalue weighted by atomic mass is 19.4. The monoisotopic (exact) mass is 300 g/mol. The van der Waals surface area contributed by atoms with Crippen molar-refractivity contribution in [3.63, 3.8) is 0 Å². The maximum absolute atomic E-state index is 12.2. The molecule has 6 heteroatoms. The van der Waals surface area contributed by atoms with E-state index in [-0.39, 0.29) is 5.69 Å². The highest BCUT2D eigenvalue weighted by Crippen LogP contribution is 2.36. The van der Waals surface area contributed by atoms with E-state index in [0.29, 0.717) is 12.5 Å². The smallest absolute Gasteiger partial charge is 0.318 e. The van der Waals surface area contributed by atoms with Gasteiger partial charge in [0.05, 0.1) is 0 Å². The molecule has 1 aliphatic carbocycles. The fraction of sp³-hybridized carbons (Fsp3) is 0.533. The Morgan fingerprint density at radius 1 is 1.38 bits per heavy atom. The first-order valence-electron chi connectivity index (χ1n) is 7.04. The molecule has 21 heavy (non-hydrogen) atoms. The van der Waals surface area contributed by atoms with E-state index in [2.05, 4.69) is 12.2 Å². The van der Waals surface area contributed by atoms with Crippen molar-refractivity contribution < 1.29 is 18.0 Å². The lowest BCUT2D eigenvalue weighted by atomic mass is 10.1. The molecule has 1 amide bonds. The van der Waals surface area contributed by atoms with Gasteiger partial charge in [-0.25, -0.2) is 0 Å². The van der Waals surface area contributed by atoms with Gasteiger partial charge in [-0.05, 0) is 48.9 Å². The van der Waals surface area contributed by atoms with E-state index in [1.807, 2.05) is 11.4 Å². The number of nitrogens with one attached hydrogen (secondary N) is 2. The van der Waals surface area contributed by atoms with E-state index in [1.165, 1.54) is 18.9 Å². The Hall–Kier alpha value is -1.56. The fourth-order valence-corrected chi connectivity index (χ4v) is 2.24. The second-order valence-corrected chi connectivity index (χ2v) is 5.60. The normalized spacial score (nSPS) is 16.6. The van der Waals surface area contributed by atoms with Gasteiger partial charge in [0.2, 0.25) is 0 Å². The van der Waals surface area contributed by atoms with Gasteiger partial charge in [0.25, 0.3) is 0 Å². The molecule has 2 N–H and O–H groups in total. The van der Waals surface area contributed by atoms with E-state index in [9.17, 15) is 18.0 Å². The first-order valence-corrected chi connectivity index (χ1v) is 7.04. The molecule has 1 aromatic rings. The quantitative estimate of drug-likeness (QED) is 0.846. The van der Waals surface area contributed by atoms with Crippen molar-refractivity contribution in [1.82, 2.24) is 5.32 Å². The number of benzene rings is 1. The molecule has 0 bridgehead atoms. The lowest BCUT2D eigenvalue weighted by Gasteiger charge is -2.12. The van der Waals surface area contributed by atoms with Gasteiger partial charge < -0.3 is 10.6 Å². The number of carbonyl (C=O) groups is 1. The van der Waals surface area contributed by atoms with Crippen LogP contribution in [0.2, 0.25) is 0 Å². The van der Waals surface area contributed by atoms with Gasteiger partial charge in [-0.3, -0.25) is 4.79 Å². The molecule has 1 saturated carbocycles. The van der Waals surface area contributed by atoms with E-state index in [4.69, 9.17) is 0 Å². The number of halogens is 3. The van der Waals surface area contributed by atoms with Gasteiger partial charge in [-0.2, -0.15) is 13.2 Å². The first-order chi connectivity index (χ1) is 9.86. The third-order valence-corrected chi connectivity index (χ3v) is 3.66. The summed E-state index contributed by atoms with van der Waals surface area (Å²) in [5.41, 5.74) is 1.00. The van der Waals surface area contributed by atoms with Crippen molar-refractivity contribution >= 4 is 11.6 Å². The van der Waals surface area contributed by atoms with Gasteiger partial charge in [0.1, 0.15) is 0 Å². The Morgan fingerprint density at radius 3 is 2.71 bits per heavy atom. The predicted molar refractivity (Wildman–Crippen MR) is 74.7 cm³/mol. The molecule has 0 aromatic heterocycles. The molecule has 1 unspecified atom stereocenters. The summed E-state index contributed by atoms with van der Waals surface area (Å²) < 4.78 is 36.6. The van der Waals surface area contributed by atoms with Crippen LogP contribution in [0.4, 0.5) is 18.9 Å². The zero-order chi connectivity index (χ0) is 15.5. The molecular formula is C15H19F3N2O. The molecule has 1 atom stereocenters. The van der Waals surface area contributed by atoms with Crippen LogP contribution in [0.15, 0.2) is 24.3 Å². The second kappa shape index (κ2) is 6.47. The zero-order valence-corrected chi connectivity index (χ0v) is 11.8. The lowest BCUT2D eigenvalue weighted by molar-refractivity contribution is -0.167. The van der Waals surface area contributed by atoms with Crippen molar-refractivity contribution in [2.75, 3.05) is 11.9 Å². The summed E-state index contributed by atoms with van der Waals surface area (Å²) in [4.78, 5) is 10.9. The summed E-state index contributed by atoms with van der Waals surface area (Å²) in [7, 11) is 0. The predicted octanol–water partition coefficient (Wildman–Crippen LogP) is 3.32. The van der Waals surface area contributed by atoms with Gasteiger partial charge in [-0.1, -0.05) is 19.1 Å². The molecule has 1 aromatic carbocycles. The lowest BCUT2D eigenvalue weighted by Crippen LogP contribution is -2.30. The van der Waals surface area contributed by atoms with Crippen molar-refractivity contribution in [2.24, 2.45) is 11.8 Å². The Labute approximate surface area is 121 Å². The third-order valence-electron chi connectivity index (χ3n) is 3.66. The summed E-state index contributed by atoms with van der Waals surface area (Å²) in [6.45, 7) is 3.67. The molecule has 0 saturated heterocycles. The topological polar surface area (TPSA) is 41.1 Å². The van der Waals surface area contributed by atoms with Crippen molar-refractivity contribution in [1.29, 1.82) is 0 Å². The fourth-order valence-electron chi connectivity index (χ4n) is 2.24. The Bertz CT molecular complexity index is 498. The van der Waals surface area contributed by atoms with E-state index >= 15 is 0 Å². The minimum absolute atomic E-state index is 0.159. The van der Waals surface area contributed by atoms with E-state index in [1.54, 1.807) is 12.1 Å². The molecule has 0 heterocycles. The molecule has 1 fully saturated rings. The summed E-state index contributed by atoms with van der Waals surface area (Å²) in [5.74, 6) is -0.511. The highest BCUT2D eigenvalue weighted by Gasteiger charge is 2.38. The second-order valence-electron chi connectivity index (χ2n) is 5.60. The van der Waals surface area contributed by atoms with E-state index < -0.39 is 12.1 Å². The van der Waals surface area contributed by atoms with Crippen LogP contribution >= 0.6 is 0 Å².